The van der Waals surface area contributed by atoms with Crippen LogP contribution in [0.4, 0.5) is 0 Å². The van der Waals surface area contributed by atoms with Crippen molar-refractivity contribution in [2.75, 3.05) is 13.2 Å². The first-order chi connectivity index (χ1) is 9.90. The molecule has 0 radical (unpaired) electrons. The molecule has 118 valence electrons. The monoisotopic (exact) mass is 312 g/mol. The molecule has 1 aliphatic rings. The molecule has 0 spiro atoms. The molecule has 0 bridgehead atoms. The summed E-state index contributed by atoms with van der Waals surface area (Å²) in [6.07, 6.45) is 3.33. The molecule has 5 nitrogen and oxygen atoms in total. The second-order valence-corrected chi connectivity index (χ2v) is 7.66. The fourth-order valence-corrected chi connectivity index (χ4v) is 3.74. The van der Waals surface area contributed by atoms with Crippen molar-refractivity contribution < 1.29 is 13.2 Å². The third-order valence-corrected chi connectivity index (χ3v) is 5.51. The highest BCUT2D eigenvalue weighted by Gasteiger charge is 2.33. The maximum atomic E-state index is 12.4. The van der Waals surface area contributed by atoms with E-state index in [1.807, 2.05) is 6.92 Å². The van der Waals surface area contributed by atoms with Crippen LogP contribution in [-0.4, -0.2) is 21.6 Å². The van der Waals surface area contributed by atoms with Gasteiger partial charge in [-0.3, -0.25) is 0 Å². The third-order valence-electron chi connectivity index (χ3n) is 4.11. The van der Waals surface area contributed by atoms with Gasteiger partial charge < -0.3 is 10.5 Å². The standard InChI is InChI=1S/C15H24N2O3S/c1-3-20-14-6-5-13(9-12(14)10-16)21(18,19)17-11-15(2)7-4-8-15/h5-6,9,17H,3-4,7-8,10-11,16H2,1-2H3. The van der Waals surface area contributed by atoms with Gasteiger partial charge in [0.25, 0.3) is 0 Å². The quantitative estimate of drug-likeness (QED) is 0.807. The topological polar surface area (TPSA) is 81.4 Å². The van der Waals surface area contributed by atoms with Crippen LogP contribution in [0.3, 0.4) is 0 Å². The second kappa shape index (κ2) is 6.34. The smallest absolute Gasteiger partial charge is 0.240 e. The highest BCUT2D eigenvalue weighted by Crippen LogP contribution is 2.39. The van der Waals surface area contributed by atoms with Gasteiger partial charge in [0.15, 0.2) is 0 Å². The second-order valence-electron chi connectivity index (χ2n) is 5.90. The minimum atomic E-state index is -3.50. The number of nitrogens with two attached hydrogens (primary N) is 1. The Morgan fingerprint density at radius 3 is 2.62 bits per heavy atom. The molecule has 1 aromatic rings. The molecule has 0 amide bonds. The fraction of sp³-hybridized carbons (Fsp3) is 0.600. The first-order valence-corrected chi connectivity index (χ1v) is 8.84. The van der Waals surface area contributed by atoms with Crippen molar-refractivity contribution in [3.05, 3.63) is 23.8 Å². The first kappa shape index (κ1) is 16.3. The number of benzene rings is 1. The van der Waals surface area contributed by atoms with Crippen LogP contribution in [0.5, 0.6) is 5.75 Å². The van der Waals surface area contributed by atoms with Crippen molar-refractivity contribution >= 4 is 10.0 Å². The van der Waals surface area contributed by atoms with Crippen molar-refractivity contribution in [2.45, 2.75) is 44.6 Å². The van der Waals surface area contributed by atoms with Crippen LogP contribution in [0.15, 0.2) is 23.1 Å². The largest absolute Gasteiger partial charge is 0.494 e. The summed E-state index contributed by atoms with van der Waals surface area (Å²) in [5.41, 5.74) is 6.48. The fourth-order valence-electron chi connectivity index (χ4n) is 2.49. The summed E-state index contributed by atoms with van der Waals surface area (Å²) in [6.45, 7) is 5.25. The van der Waals surface area contributed by atoms with Gasteiger partial charge in [0.05, 0.1) is 11.5 Å². The van der Waals surface area contributed by atoms with Crippen LogP contribution in [-0.2, 0) is 16.6 Å². The third kappa shape index (κ3) is 3.75. The zero-order valence-electron chi connectivity index (χ0n) is 12.7. The molecule has 1 fully saturated rings. The van der Waals surface area contributed by atoms with Crippen LogP contribution in [0.25, 0.3) is 0 Å². The molecule has 1 aliphatic carbocycles. The number of hydrogen-bond donors (Lipinski definition) is 2. The van der Waals surface area contributed by atoms with Gasteiger partial charge in [0.2, 0.25) is 10.0 Å². The lowest BCUT2D eigenvalue weighted by Gasteiger charge is -2.38. The predicted octanol–water partition coefficient (Wildman–Crippen LogP) is 2.01. The number of hydrogen-bond acceptors (Lipinski definition) is 4. The van der Waals surface area contributed by atoms with Crippen LogP contribution < -0.4 is 15.2 Å². The van der Waals surface area contributed by atoms with Gasteiger partial charge in [0, 0.05) is 18.7 Å². The number of sulfonamides is 1. The van der Waals surface area contributed by atoms with Crippen molar-refractivity contribution in [3.63, 3.8) is 0 Å². The minimum absolute atomic E-state index is 0.106. The summed E-state index contributed by atoms with van der Waals surface area (Å²) in [6, 6.07) is 4.83. The number of nitrogens with one attached hydrogen (secondary N) is 1. The molecule has 0 heterocycles. The molecule has 0 aromatic heterocycles. The average molecular weight is 312 g/mol. The van der Waals surface area contributed by atoms with Crippen LogP contribution in [0.2, 0.25) is 0 Å². The molecular weight excluding hydrogens is 288 g/mol. The molecular formula is C15H24N2O3S. The van der Waals surface area contributed by atoms with Crippen LogP contribution in [0, 0.1) is 5.41 Å². The van der Waals surface area contributed by atoms with E-state index in [0.29, 0.717) is 24.5 Å². The van der Waals surface area contributed by atoms with Crippen LogP contribution in [0.1, 0.15) is 38.7 Å². The first-order valence-electron chi connectivity index (χ1n) is 7.36. The van der Waals surface area contributed by atoms with Gasteiger partial charge in [-0.25, -0.2) is 13.1 Å². The normalized spacial score (nSPS) is 17.3. The minimum Gasteiger partial charge on any atom is -0.494 e. The lowest BCUT2D eigenvalue weighted by Crippen LogP contribution is -2.39. The van der Waals surface area contributed by atoms with E-state index < -0.39 is 10.0 Å². The summed E-state index contributed by atoms with van der Waals surface area (Å²) in [5.74, 6) is 0.643. The Bertz CT molecular complexity index is 595. The van der Waals surface area contributed by atoms with Gasteiger partial charge in [-0.15, -0.1) is 0 Å². The Morgan fingerprint density at radius 1 is 1.38 bits per heavy atom. The van der Waals surface area contributed by atoms with E-state index in [4.69, 9.17) is 10.5 Å². The zero-order valence-corrected chi connectivity index (χ0v) is 13.5. The SMILES string of the molecule is CCOc1ccc(S(=O)(=O)NCC2(C)CCC2)cc1CN. The van der Waals surface area contributed by atoms with Crippen molar-refractivity contribution in [1.29, 1.82) is 0 Å². The van der Waals surface area contributed by atoms with Gasteiger partial charge in [0.1, 0.15) is 5.75 Å². The van der Waals surface area contributed by atoms with Gasteiger partial charge in [-0.05, 0) is 43.4 Å². The Morgan fingerprint density at radius 2 is 2.10 bits per heavy atom. The molecule has 0 atom stereocenters. The lowest BCUT2D eigenvalue weighted by atomic mass is 9.71. The maximum absolute atomic E-state index is 12.4. The number of ether oxygens (including phenoxy) is 1. The van der Waals surface area contributed by atoms with Gasteiger partial charge in [-0.1, -0.05) is 13.3 Å². The van der Waals surface area contributed by atoms with Gasteiger partial charge in [-0.2, -0.15) is 0 Å². The molecule has 6 heteroatoms. The number of rotatable bonds is 7. The Kier molecular flexibility index (Phi) is 4.91. The van der Waals surface area contributed by atoms with Crippen molar-refractivity contribution in [1.82, 2.24) is 4.72 Å². The average Bonchev–Trinajstić information content (AvgIpc) is 2.43. The summed E-state index contributed by atoms with van der Waals surface area (Å²) in [7, 11) is -3.50. The maximum Gasteiger partial charge on any atom is 0.240 e. The van der Waals surface area contributed by atoms with E-state index in [0.717, 1.165) is 12.8 Å². The van der Waals surface area contributed by atoms with E-state index in [1.165, 1.54) is 6.42 Å². The highest BCUT2D eigenvalue weighted by atomic mass is 32.2. The van der Waals surface area contributed by atoms with Crippen molar-refractivity contribution in [2.24, 2.45) is 11.1 Å². The summed E-state index contributed by atoms with van der Waals surface area (Å²) in [4.78, 5) is 0.245. The molecule has 0 saturated heterocycles. The Balaban J connectivity index is 2.15. The van der Waals surface area contributed by atoms with E-state index >= 15 is 0 Å². The molecule has 2 rings (SSSR count). The highest BCUT2D eigenvalue weighted by molar-refractivity contribution is 7.89. The summed E-state index contributed by atoms with van der Waals surface area (Å²) >= 11 is 0. The lowest BCUT2D eigenvalue weighted by molar-refractivity contribution is 0.166. The van der Waals surface area contributed by atoms with Gasteiger partial charge >= 0.3 is 0 Å². The predicted molar refractivity (Wildman–Crippen MR) is 82.6 cm³/mol. The Hall–Kier alpha value is -1.11. The summed E-state index contributed by atoms with van der Waals surface area (Å²) in [5, 5.41) is 0. The summed E-state index contributed by atoms with van der Waals surface area (Å²) < 4.78 is 32.9. The molecule has 21 heavy (non-hydrogen) atoms. The van der Waals surface area contributed by atoms with E-state index in [2.05, 4.69) is 11.6 Å². The zero-order chi connectivity index (χ0) is 15.5. The van der Waals surface area contributed by atoms with E-state index in [-0.39, 0.29) is 16.9 Å². The van der Waals surface area contributed by atoms with E-state index in [1.54, 1.807) is 18.2 Å². The molecule has 0 unspecified atom stereocenters. The molecule has 3 N–H and O–H groups in total. The molecule has 0 aliphatic heterocycles. The molecule has 1 aromatic carbocycles. The van der Waals surface area contributed by atoms with E-state index in [9.17, 15) is 8.42 Å². The van der Waals surface area contributed by atoms with Crippen molar-refractivity contribution in [3.8, 4) is 5.75 Å². The Labute approximate surface area is 126 Å². The van der Waals surface area contributed by atoms with Crippen LogP contribution >= 0.6 is 0 Å². The molecule has 1 saturated carbocycles.